The van der Waals surface area contributed by atoms with Gasteiger partial charge in [-0.25, -0.2) is 4.99 Å². The van der Waals surface area contributed by atoms with Crippen LogP contribution in [-0.2, 0) is 27.9 Å². The number of aliphatic carboxylic acids is 1. The average Bonchev–Trinajstić information content (AvgIpc) is 3.41. The molecule has 0 amide bonds. The van der Waals surface area contributed by atoms with E-state index in [1.807, 2.05) is 31.2 Å². The summed E-state index contributed by atoms with van der Waals surface area (Å²) in [6, 6.07) is 7.72. The number of benzene rings is 1. The number of rotatable bonds is 7. The summed E-state index contributed by atoms with van der Waals surface area (Å²) in [5.74, 6) is 0.195. The van der Waals surface area contributed by atoms with Crippen LogP contribution < -0.4 is 10.2 Å². The number of fused-ring (bicyclic) bond motifs is 1. The average molecular weight is 456 g/mol. The SMILES string of the molecule is COc1ccccc1CCn1nc(C(C)(C)C(=O)O)c(=O)c2c(C)c(C3=NCCO3)sc21. The van der Waals surface area contributed by atoms with Crippen LogP contribution in [0.2, 0.25) is 0 Å². The van der Waals surface area contributed by atoms with Gasteiger partial charge in [0.15, 0.2) is 0 Å². The van der Waals surface area contributed by atoms with Gasteiger partial charge >= 0.3 is 5.97 Å². The Morgan fingerprint density at radius 3 is 2.75 bits per heavy atom. The molecule has 8 nitrogen and oxygen atoms in total. The number of methoxy groups -OCH3 is 1. The van der Waals surface area contributed by atoms with Gasteiger partial charge in [-0.15, -0.1) is 11.3 Å². The number of thiophene rings is 1. The lowest BCUT2D eigenvalue weighted by molar-refractivity contribution is -0.142. The maximum atomic E-state index is 13.4. The number of carboxylic acid groups (broad SMARTS) is 1. The third-order valence-corrected chi connectivity index (χ3v) is 7.01. The molecule has 0 atom stereocenters. The molecule has 3 heterocycles. The third-order valence-electron chi connectivity index (χ3n) is 5.72. The summed E-state index contributed by atoms with van der Waals surface area (Å²) in [5.41, 5.74) is -0.0436. The van der Waals surface area contributed by atoms with Crippen LogP contribution in [0.5, 0.6) is 5.75 Å². The van der Waals surface area contributed by atoms with Crippen LogP contribution in [0.1, 0.15) is 35.5 Å². The number of aromatic nitrogens is 2. The second kappa shape index (κ2) is 8.38. The van der Waals surface area contributed by atoms with Gasteiger partial charge in [-0.3, -0.25) is 14.3 Å². The zero-order chi connectivity index (χ0) is 23.0. The lowest BCUT2D eigenvalue weighted by Gasteiger charge is -2.20. The molecule has 32 heavy (non-hydrogen) atoms. The molecule has 4 rings (SSSR count). The largest absolute Gasteiger partial charge is 0.496 e. The van der Waals surface area contributed by atoms with E-state index in [1.54, 1.807) is 11.8 Å². The number of aryl methyl sites for hydroxylation is 3. The van der Waals surface area contributed by atoms with E-state index in [2.05, 4.69) is 10.1 Å². The van der Waals surface area contributed by atoms with Gasteiger partial charge in [-0.05, 0) is 44.4 Å². The second-order valence-corrected chi connectivity index (χ2v) is 9.16. The van der Waals surface area contributed by atoms with Crippen molar-refractivity contribution in [2.75, 3.05) is 20.3 Å². The Bertz CT molecular complexity index is 1290. The molecular weight excluding hydrogens is 430 g/mol. The molecule has 0 unspecified atom stereocenters. The summed E-state index contributed by atoms with van der Waals surface area (Å²) in [6.45, 7) is 6.39. The topological polar surface area (TPSA) is 103 Å². The zero-order valence-corrected chi connectivity index (χ0v) is 19.3. The van der Waals surface area contributed by atoms with E-state index < -0.39 is 11.4 Å². The van der Waals surface area contributed by atoms with E-state index in [4.69, 9.17) is 9.47 Å². The fourth-order valence-electron chi connectivity index (χ4n) is 3.75. The minimum absolute atomic E-state index is 0.0132. The van der Waals surface area contributed by atoms with Crippen molar-refractivity contribution in [3.05, 3.63) is 56.2 Å². The Hall–Kier alpha value is -3.20. The van der Waals surface area contributed by atoms with Crippen molar-refractivity contribution in [2.45, 2.75) is 39.2 Å². The first-order valence-electron chi connectivity index (χ1n) is 10.3. The molecule has 9 heteroatoms. The van der Waals surface area contributed by atoms with Crippen molar-refractivity contribution >= 4 is 33.4 Å². The Morgan fingerprint density at radius 2 is 2.09 bits per heavy atom. The number of carbonyl (C=O) groups is 1. The van der Waals surface area contributed by atoms with E-state index in [9.17, 15) is 14.7 Å². The molecule has 0 bridgehead atoms. The highest BCUT2D eigenvalue weighted by molar-refractivity contribution is 7.20. The first kappa shape index (κ1) is 22.0. The molecule has 1 aliphatic heterocycles. The molecule has 3 aromatic rings. The Morgan fingerprint density at radius 1 is 1.34 bits per heavy atom. The maximum Gasteiger partial charge on any atom is 0.315 e. The fraction of sp³-hybridized carbons (Fsp3) is 0.391. The van der Waals surface area contributed by atoms with Crippen molar-refractivity contribution in [3.8, 4) is 5.75 Å². The van der Waals surface area contributed by atoms with Crippen molar-refractivity contribution in [2.24, 2.45) is 4.99 Å². The molecule has 0 saturated carbocycles. The second-order valence-electron chi connectivity index (χ2n) is 8.16. The Labute approximate surface area is 189 Å². The van der Waals surface area contributed by atoms with Crippen molar-refractivity contribution in [1.29, 1.82) is 0 Å². The molecule has 1 aromatic carbocycles. The minimum Gasteiger partial charge on any atom is -0.496 e. The van der Waals surface area contributed by atoms with Gasteiger partial charge in [0.05, 0.1) is 23.9 Å². The molecular formula is C23H25N3O5S. The standard InChI is InChI=1S/C23H25N3O5S/c1-13-16-17(27)19(23(2,3)22(28)29)25-26(11-9-14-7-5-6-8-15(14)30-4)21(16)32-18(13)20-24-10-12-31-20/h5-8H,9-12H2,1-4H3,(H,28,29). The summed E-state index contributed by atoms with van der Waals surface area (Å²) in [6.07, 6.45) is 0.603. The highest BCUT2D eigenvalue weighted by Gasteiger charge is 2.36. The van der Waals surface area contributed by atoms with Crippen LogP contribution in [0.4, 0.5) is 0 Å². The van der Waals surface area contributed by atoms with Crippen molar-refractivity contribution in [3.63, 3.8) is 0 Å². The van der Waals surface area contributed by atoms with Gasteiger partial charge in [0, 0.05) is 6.54 Å². The number of aliphatic imine (C=N–C) groups is 1. The molecule has 0 radical (unpaired) electrons. The smallest absolute Gasteiger partial charge is 0.315 e. The fourth-order valence-corrected chi connectivity index (χ4v) is 5.00. The highest BCUT2D eigenvalue weighted by Crippen LogP contribution is 2.32. The molecule has 1 N–H and O–H groups in total. The van der Waals surface area contributed by atoms with Crippen molar-refractivity contribution in [1.82, 2.24) is 9.78 Å². The minimum atomic E-state index is -1.44. The van der Waals surface area contributed by atoms with Gasteiger partial charge in [0.1, 0.15) is 28.3 Å². The van der Waals surface area contributed by atoms with Crippen LogP contribution in [-0.4, -0.2) is 47.0 Å². The molecule has 2 aromatic heterocycles. The summed E-state index contributed by atoms with van der Waals surface area (Å²) < 4.78 is 12.8. The number of hydrogen-bond donors (Lipinski definition) is 1. The van der Waals surface area contributed by atoms with Crippen LogP contribution >= 0.6 is 11.3 Å². The summed E-state index contributed by atoms with van der Waals surface area (Å²) in [7, 11) is 1.62. The molecule has 0 spiro atoms. The van der Waals surface area contributed by atoms with E-state index >= 15 is 0 Å². The van der Waals surface area contributed by atoms with Crippen LogP contribution in [0.3, 0.4) is 0 Å². The third kappa shape index (κ3) is 3.66. The number of nitrogens with zero attached hydrogens (tertiary/aromatic N) is 3. The number of para-hydroxylation sites is 1. The summed E-state index contributed by atoms with van der Waals surface area (Å²) >= 11 is 1.40. The van der Waals surface area contributed by atoms with Gasteiger partial charge in [0.25, 0.3) is 0 Å². The van der Waals surface area contributed by atoms with Gasteiger partial charge in [-0.2, -0.15) is 5.10 Å². The lowest BCUT2D eigenvalue weighted by atomic mass is 9.88. The first-order valence-corrected chi connectivity index (χ1v) is 11.1. The molecule has 168 valence electrons. The van der Waals surface area contributed by atoms with Crippen LogP contribution in [0.25, 0.3) is 10.2 Å². The predicted octanol–water partition coefficient (Wildman–Crippen LogP) is 3.16. The van der Waals surface area contributed by atoms with Gasteiger partial charge < -0.3 is 14.6 Å². The number of carboxylic acids is 1. The van der Waals surface area contributed by atoms with E-state index in [1.165, 1.54) is 25.2 Å². The monoisotopic (exact) mass is 455 g/mol. The summed E-state index contributed by atoms with van der Waals surface area (Å²) in [5, 5.41) is 14.8. The Kier molecular flexibility index (Phi) is 5.77. The quantitative estimate of drug-likeness (QED) is 0.587. The van der Waals surface area contributed by atoms with Gasteiger partial charge in [0.2, 0.25) is 11.3 Å². The molecule has 0 saturated heterocycles. The lowest BCUT2D eigenvalue weighted by Crippen LogP contribution is -2.37. The van der Waals surface area contributed by atoms with E-state index in [0.29, 0.717) is 42.2 Å². The zero-order valence-electron chi connectivity index (χ0n) is 18.5. The highest BCUT2D eigenvalue weighted by atomic mass is 32.1. The van der Waals surface area contributed by atoms with Crippen molar-refractivity contribution < 1.29 is 19.4 Å². The Balaban J connectivity index is 1.89. The van der Waals surface area contributed by atoms with Crippen LogP contribution in [0, 0.1) is 6.92 Å². The van der Waals surface area contributed by atoms with Gasteiger partial charge in [-0.1, -0.05) is 18.2 Å². The normalized spacial score (nSPS) is 13.8. The number of hydrogen-bond acceptors (Lipinski definition) is 7. The van der Waals surface area contributed by atoms with E-state index in [-0.39, 0.29) is 11.1 Å². The number of ether oxygens (including phenoxy) is 2. The molecule has 0 aliphatic carbocycles. The maximum absolute atomic E-state index is 13.4. The van der Waals surface area contributed by atoms with E-state index in [0.717, 1.165) is 21.8 Å². The van der Waals surface area contributed by atoms with Crippen LogP contribution in [0.15, 0.2) is 34.1 Å². The molecule has 0 fully saturated rings. The summed E-state index contributed by atoms with van der Waals surface area (Å²) in [4.78, 5) is 31.2. The first-order chi connectivity index (χ1) is 15.3. The predicted molar refractivity (Wildman–Crippen MR) is 123 cm³/mol. The molecule has 1 aliphatic rings.